The molecule has 4 aromatic rings. The summed E-state index contributed by atoms with van der Waals surface area (Å²) >= 11 is 0. The summed E-state index contributed by atoms with van der Waals surface area (Å²) in [6.45, 7) is 1.84. The minimum absolute atomic E-state index is 0.131. The lowest BCUT2D eigenvalue weighted by Gasteiger charge is -2.19. The minimum Gasteiger partial charge on any atom is -0.330 e. The molecule has 0 saturated heterocycles. The summed E-state index contributed by atoms with van der Waals surface area (Å²) in [7, 11) is 1.75. The fourth-order valence-corrected chi connectivity index (χ4v) is 3.55. The van der Waals surface area contributed by atoms with Crippen LogP contribution in [-0.2, 0) is 7.05 Å². The number of amides is 1. The number of hydrogen-bond donors (Lipinski definition) is 1. The first-order valence-corrected chi connectivity index (χ1v) is 9.22. The molecule has 0 aliphatic rings. The molecule has 4 rings (SSSR count). The SMILES string of the molecule is Cc1ccccc1C(=O)Nc1c(-c2ccccc2F)c(=O)c2ccccc2n1C. The molecule has 0 saturated carbocycles. The number of aryl methyl sites for hydroxylation is 2. The molecule has 1 N–H and O–H groups in total. The van der Waals surface area contributed by atoms with E-state index in [0.717, 1.165) is 5.56 Å². The number of benzene rings is 3. The van der Waals surface area contributed by atoms with Crippen LogP contribution in [-0.4, -0.2) is 10.5 Å². The average molecular weight is 386 g/mol. The van der Waals surface area contributed by atoms with E-state index < -0.39 is 5.82 Å². The third-order valence-corrected chi connectivity index (χ3v) is 5.07. The lowest BCUT2D eigenvalue weighted by Crippen LogP contribution is -2.22. The molecule has 144 valence electrons. The second kappa shape index (κ2) is 7.36. The Morgan fingerprint density at radius 2 is 1.59 bits per heavy atom. The summed E-state index contributed by atoms with van der Waals surface area (Å²) in [6.07, 6.45) is 0. The van der Waals surface area contributed by atoms with E-state index in [2.05, 4.69) is 5.32 Å². The Bertz CT molecular complexity index is 1310. The fraction of sp³-hybridized carbons (Fsp3) is 0.0833. The van der Waals surface area contributed by atoms with Crippen molar-refractivity contribution < 1.29 is 9.18 Å². The van der Waals surface area contributed by atoms with Gasteiger partial charge in [-0.15, -0.1) is 0 Å². The van der Waals surface area contributed by atoms with Crippen LogP contribution >= 0.6 is 0 Å². The Hall–Kier alpha value is -3.73. The Balaban J connectivity index is 2.00. The van der Waals surface area contributed by atoms with Crippen molar-refractivity contribution >= 4 is 22.6 Å². The van der Waals surface area contributed by atoms with Crippen molar-refractivity contribution in [1.29, 1.82) is 0 Å². The summed E-state index contributed by atoms with van der Waals surface area (Å²) in [6, 6.07) is 20.3. The fourth-order valence-electron chi connectivity index (χ4n) is 3.55. The van der Waals surface area contributed by atoms with Crippen LogP contribution in [0.25, 0.3) is 22.0 Å². The van der Waals surface area contributed by atoms with E-state index in [-0.39, 0.29) is 28.3 Å². The van der Waals surface area contributed by atoms with Gasteiger partial charge < -0.3 is 9.88 Å². The molecular formula is C24H19FN2O2. The predicted molar refractivity (Wildman–Crippen MR) is 114 cm³/mol. The van der Waals surface area contributed by atoms with Crippen LogP contribution in [0.5, 0.6) is 0 Å². The maximum Gasteiger partial charge on any atom is 0.257 e. The van der Waals surface area contributed by atoms with Crippen LogP contribution < -0.4 is 10.7 Å². The maximum atomic E-state index is 14.6. The van der Waals surface area contributed by atoms with Gasteiger partial charge in [-0.25, -0.2) is 4.39 Å². The molecule has 0 spiro atoms. The number of aromatic nitrogens is 1. The van der Waals surface area contributed by atoms with Crippen molar-refractivity contribution in [2.45, 2.75) is 6.92 Å². The van der Waals surface area contributed by atoms with Gasteiger partial charge >= 0.3 is 0 Å². The summed E-state index contributed by atoms with van der Waals surface area (Å²) in [5, 5.41) is 3.31. The number of halogens is 1. The van der Waals surface area contributed by atoms with Crippen molar-refractivity contribution in [3.8, 4) is 11.1 Å². The normalized spacial score (nSPS) is 10.9. The number of nitrogens with zero attached hydrogens (tertiary/aromatic N) is 1. The van der Waals surface area contributed by atoms with Gasteiger partial charge in [0.15, 0.2) is 5.43 Å². The first kappa shape index (κ1) is 18.6. The van der Waals surface area contributed by atoms with Gasteiger partial charge in [0.2, 0.25) is 0 Å². The molecule has 0 fully saturated rings. The Labute approximate surface area is 167 Å². The summed E-state index contributed by atoms with van der Waals surface area (Å²) < 4.78 is 16.3. The van der Waals surface area contributed by atoms with Crippen molar-refractivity contribution in [3.63, 3.8) is 0 Å². The molecule has 0 bridgehead atoms. The van der Waals surface area contributed by atoms with Crippen LogP contribution in [0.1, 0.15) is 15.9 Å². The van der Waals surface area contributed by atoms with E-state index in [0.29, 0.717) is 16.5 Å². The van der Waals surface area contributed by atoms with Gasteiger partial charge in [0, 0.05) is 23.6 Å². The molecule has 5 heteroatoms. The van der Waals surface area contributed by atoms with Gasteiger partial charge in [0.05, 0.1) is 11.1 Å². The molecule has 29 heavy (non-hydrogen) atoms. The highest BCUT2D eigenvalue weighted by atomic mass is 19.1. The number of anilines is 1. The predicted octanol–water partition coefficient (Wildman–Crippen LogP) is 4.91. The van der Waals surface area contributed by atoms with Crippen LogP contribution in [0.4, 0.5) is 10.2 Å². The van der Waals surface area contributed by atoms with Gasteiger partial charge in [-0.05, 0) is 36.8 Å². The van der Waals surface area contributed by atoms with E-state index in [4.69, 9.17) is 0 Å². The average Bonchev–Trinajstić information content (AvgIpc) is 2.73. The molecule has 0 unspecified atom stereocenters. The summed E-state index contributed by atoms with van der Waals surface area (Å²) in [5.41, 5.74) is 1.91. The number of carbonyl (C=O) groups is 1. The minimum atomic E-state index is -0.522. The van der Waals surface area contributed by atoms with Crippen molar-refractivity contribution in [3.05, 3.63) is 100.0 Å². The van der Waals surface area contributed by atoms with Gasteiger partial charge in [0.25, 0.3) is 5.91 Å². The number of fused-ring (bicyclic) bond motifs is 1. The molecular weight excluding hydrogens is 367 g/mol. The molecule has 0 atom stereocenters. The monoisotopic (exact) mass is 386 g/mol. The van der Waals surface area contributed by atoms with Gasteiger partial charge in [-0.3, -0.25) is 9.59 Å². The van der Waals surface area contributed by atoms with Crippen molar-refractivity contribution in [2.75, 3.05) is 5.32 Å². The molecule has 3 aromatic carbocycles. The smallest absolute Gasteiger partial charge is 0.257 e. The van der Waals surface area contributed by atoms with Crippen LogP contribution in [0.3, 0.4) is 0 Å². The van der Waals surface area contributed by atoms with Crippen LogP contribution in [0, 0.1) is 12.7 Å². The summed E-state index contributed by atoms with van der Waals surface area (Å²) in [5.74, 6) is -0.621. The molecule has 1 heterocycles. The zero-order valence-corrected chi connectivity index (χ0v) is 16.1. The highest BCUT2D eigenvalue weighted by Gasteiger charge is 2.21. The largest absolute Gasteiger partial charge is 0.330 e. The molecule has 0 aliphatic carbocycles. The quantitative estimate of drug-likeness (QED) is 0.544. The first-order chi connectivity index (χ1) is 14.0. The number of hydrogen-bond acceptors (Lipinski definition) is 2. The number of nitrogens with one attached hydrogen (secondary N) is 1. The highest BCUT2D eigenvalue weighted by molar-refractivity contribution is 6.07. The van der Waals surface area contributed by atoms with E-state index in [1.807, 2.05) is 25.1 Å². The molecule has 0 aliphatic heterocycles. The molecule has 0 radical (unpaired) electrons. The molecule has 1 amide bonds. The second-order valence-electron chi connectivity index (χ2n) is 6.88. The molecule has 1 aromatic heterocycles. The number of rotatable bonds is 3. The van der Waals surface area contributed by atoms with E-state index in [9.17, 15) is 14.0 Å². The lowest BCUT2D eigenvalue weighted by atomic mass is 10.0. The zero-order valence-electron chi connectivity index (χ0n) is 16.1. The zero-order chi connectivity index (χ0) is 20.5. The molecule has 4 nitrogen and oxygen atoms in total. The first-order valence-electron chi connectivity index (χ1n) is 9.22. The third kappa shape index (κ3) is 3.21. The number of carbonyl (C=O) groups excluding carboxylic acids is 1. The van der Waals surface area contributed by atoms with E-state index in [1.54, 1.807) is 60.1 Å². The van der Waals surface area contributed by atoms with E-state index >= 15 is 0 Å². The number of para-hydroxylation sites is 1. The second-order valence-corrected chi connectivity index (χ2v) is 6.88. The van der Waals surface area contributed by atoms with Gasteiger partial charge in [-0.1, -0.05) is 48.5 Å². The number of pyridine rings is 1. The van der Waals surface area contributed by atoms with Gasteiger partial charge in [-0.2, -0.15) is 0 Å². The lowest BCUT2D eigenvalue weighted by molar-refractivity contribution is 0.102. The van der Waals surface area contributed by atoms with Crippen molar-refractivity contribution in [2.24, 2.45) is 7.05 Å². The third-order valence-electron chi connectivity index (χ3n) is 5.07. The maximum absolute atomic E-state index is 14.6. The summed E-state index contributed by atoms with van der Waals surface area (Å²) in [4.78, 5) is 26.3. The van der Waals surface area contributed by atoms with Crippen LogP contribution in [0.2, 0.25) is 0 Å². The Morgan fingerprint density at radius 3 is 2.34 bits per heavy atom. The Morgan fingerprint density at radius 1 is 0.931 bits per heavy atom. The van der Waals surface area contributed by atoms with Crippen molar-refractivity contribution in [1.82, 2.24) is 4.57 Å². The highest BCUT2D eigenvalue weighted by Crippen LogP contribution is 2.30. The standard InChI is InChI=1S/C24H19FN2O2/c1-15-9-3-4-10-16(15)24(29)26-23-21(17-11-5-7-13-19(17)25)22(28)18-12-6-8-14-20(18)27(23)2/h3-14H,1-2H3,(H,26,29). The van der Waals surface area contributed by atoms with E-state index in [1.165, 1.54) is 6.07 Å². The topological polar surface area (TPSA) is 51.1 Å². The Kier molecular flexibility index (Phi) is 4.72. The van der Waals surface area contributed by atoms with Crippen LogP contribution in [0.15, 0.2) is 77.6 Å². The van der Waals surface area contributed by atoms with Gasteiger partial charge in [0.1, 0.15) is 11.6 Å².